The zero-order valence-electron chi connectivity index (χ0n) is 9.78. The summed E-state index contributed by atoms with van der Waals surface area (Å²) in [4.78, 5) is 1.02. The zero-order chi connectivity index (χ0) is 12.0. The Kier molecular flexibility index (Phi) is 3.13. The maximum Gasteiger partial charge on any atom is 0.0562 e. The van der Waals surface area contributed by atoms with E-state index in [9.17, 15) is 4.21 Å². The number of halogens is 1. The van der Waals surface area contributed by atoms with E-state index in [4.69, 9.17) is 0 Å². The summed E-state index contributed by atoms with van der Waals surface area (Å²) in [6, 6.07) is 7.18. The van der Waals surface area contributed by atoms with E-state index < -0.39 is 10.8 Å². The van der Waals surface area contributed by atoms with Crippen LogP contribution in [-0.4, -0.2) is 15.5 Å². The molecule has 0 bridgehead atoms. The van der Waals surface area contributed by atoms with Gasteiger partial charge < -0.3 is 5.32 Å². The van der Waals surface area contributed by atoms with Crippen molar-refractivity contribution in [2.75, 3.05) is 0 Å². The molecular formula is C13H16BrNOS. The molecule has 0 amide bonds. The van der Waals surface area contributed by atoms with Gasteiger partial charge in [-0.05, 0) is 43.0 Å². The van der Waals surface area contributed by atoms with Crippen molar-refractivity contribution in [2.24, 2.45) is 0 Å². The lowest BCUT2D eigenvalue weighted by molar-refractivity contribution is 0.475. The van der Waals surface area contributed by atoms with Crippen LogP contribution in [0.15, 0.2) is 27.6 Å². The average molecular weight is 314 g/mol. The van der Waals surface area contributed by atoms with Crippen molar-refractivity contribution in [2.45, 2.75) is 48.4 Å². The van der Waals surface area contributed by atoms with Gasteiger partial charge in [0.1, 0.15) is 0 Å². The molecule has 17 heavy (non-hydrogen) atoms. The fourth-order valence-electron chi connectivity index (χ4n) is 2.43. The molecule has 0 radical (unpaired) electrons. The number of fused-ring (bicyclic) bond motifs is 1. The molecule has 1 fully saturated rings. The summed E-state index contributed by atoms with van der Waals surface area (Å²) in [6.45, 7) is 2.09. The number of rotatable bonds is 2. The van der Waals surface area contributed by atoms with Crippen LogP contribution in [0.5, 0.6) is 0 Å². The minimum absolute atomic E-state index is 0.250. The molecule has 92 valence electrons. The molecule has 0 aromatic heterocycles. The molecule has 3 rings (SSSR count). The smallest absolute Gasteiger partial charge is 0.0562 e. The highest BCUT2D eigenvalue weighted by Crippen LogP contribution is 2.37. The van der Waals surface area contributed by atoms with Gasteiger partial charge in [0.15, 0.2) is 0 Å². The van der Waals surface area contributed by atoms with Gasteiger partial charge in [0, 0.05) is 26.7 Å². The molecule has 1 heterocycles. The summed E-state index contributed by atoms with van der Waals surface area (Å²) < 4.78 is 13.3. The second-order valence-corrected chi connectivity index (χ2v) is 7.77. The standard InChI is InChI=1S/C13H16BrNOS/c1-8-6-12(15-10-3-4-10)11-7-9(14)2-5-13(11)17(8)16/h2,5,7-8,10,12,15H,3-4,6H2,1H3. The summed E-state index contributed by atoms with van der Waals surface area (Å²) in [6.07, 6.45) is 3.56. The van der Waals surface area contributed by atoms with Gasteiger partial charge in [-0.2, -0.15) is 0 Å². The average Bonchev–Trinajstić information content (AvgIpc) is 3.09. The number of nitrogens with one attached hydrogen (secondary N) is 1. The molecule has 0 spiro atoms. The first-order valence-electron chi connectivity index (χ1n) is 6.11. The molecule has 1 aliphatic carbocycles. The Labute approximate surface area is 113 Å². The zero-order valence-corrected chi connectivity index (χ0v) is 12.2. The fraction of sp³-hybridized carbons (Fsp3) is 0.538. The van der Waals surface area contributed by atoms with Crippen molar-refractivity contribution in [3.05, 3.63) is 28.2 Å². The molecule has 1 N–H and O–H groups in total. The monoisotopic (exact) mass is 313 g/mol. The number of hydrogen-bond acceptors (Lipinski definition) is 2. The van der Waals surface area contributed by atoms with Crippen LogP contribution in [0, 0.1) is 0 Å². The summed E-state index contributed by atoms with van der Waals surface area (Å²) in [7, 11) is -0.844. The van der Waals surface area contributed by atoms with Crippen LogP contribution in [0.4, 0.5) is 0 Å². The highest BCUT2D eigenvalue weighted by Gasteiger charge is 2.33. The molecule has 3 atom stereocenters. The summed E-state index contributed by atoms with van der Waals surface area (Å²) >= 11 is 3.51. The van der Waals surface area contributed by atoms with E-state index in [-0.39, 0.29) is 5.25 Å². The van der Waals surface area contributed by atoms with Crippen molar-refractivity contribution in [3.63, 3.8) is 0 Å². The Morgan fingerprint density at radius 1 is 1.41 bits per heavy atom. The SMILES string of the molecule is CC1CC(NC2CC2)c2cc(Br)ccc2S1=O. The van der Waals surface area contributed by atoms with Crippen molar-refractivity contribution >= 4 is 26.7 Å². The van der Waals surface area contributed by atoms with Crippen LogP contribution in [0.2, 0.25) is 0 Å². The predicted molar refractivity (Wildman–Crippen MR) is 73.5 cm³/mol. The van der Waals surface area contributed by atoms with Gasteiger partial charge in [0.05, 0.1) is 10.8 Å². The lowest BCUT2D eigenvalue weighted by Crippen LogP contribution is -2.32. The second-order valence-electron chi connectivity index (χ2n) is 5.02. The van der Waals surface area contributed by atoms with Crippen LogP contribution in [0.3, 0.4) is 0 Å². The maximum atomic E-state index is 12.2. The maximum absolute atomic E-state index is 12.2. The minimum Gasteiger partial charge on any atom is -0.307 e. The minimum atomic E-state index is -0.844. The lowest BCUT2D eigenvalue weighted by atomic mass is 10.0. The third kappa shape index (κ3) is 2.35. The van der Waals surface area contributed by atoms with Crippen LogP contribution in [0.25, 0.3) is 0 Å². The molecule has 4 heteroatoms. The van der Waals surface area contributed by atoms with Gasteiger partial charge >= 0.3 is 0 Å². The van der Waals surface area contributed by atoms with E-state index in [2.05, 4.69) is 34.2 Å². The van der Waals surface area contributed by atoms with E-state index >= 15 is 0 Å². The van der Waals surface area contributed by atoms with Gasteiger partial charge in [0.2, 0.25) is 0 Å². The lowest BCUT2D eigenvalue weighted by Gasteiger charge is -2.30. The number of hydrogen-bond donors (Lipinski definition) is 1. The van der Waals surface area contributed by atoms with Crippen molar-refractivity contribution < 1.29 is 4.21 Å². The van der Waals surface area contributed by atoms with E-state index in [0.717, 1.165) is 15.8 Å². The normalized spacial score (nSPS) is 32.2. The Balaban J connectivity index is 1.99. The van der Waals surface area contributed by atoms with E-state index in [1.54, 1.807) is 0 Å². The van der Waals surface area contributed by atoms with Crippen LogP contribution < -0.4 is 5.32 Å². The molecule has 1 aromatic rings. The number of benzene rings is 1. The predicted octanol–water partition coefficient (Wildman–Crippen LogP) is 3.14. The van der Waals surface area contributed by atoms with Gasteiger partial charge in [0.25, 0.3) is 0 Å². The first-order chi connectivity index (χ1) is 8.15. The quantitative estimate of drug-likeness (QED) is 0.908. The third-order valence-electron chi connectivity index (χ3n) is 3.51. The van der Waals surface area contributed by atoms with Crippen LogP contribution in [-0.2, 0) is 10.8 Å². The van der Waals surface area contributed by atoms with Crippen molar-refractivity contribution in [1.29, 1.82) is 0 Å². The van der Waals surface area contributed by atoms with E-state index in [1.807, 2.05) is 12.1 Å². The summed E-state index contributed by atoms with van der Waals surface area (Å²) in [5.41, 5.74) is 1.22. The van der Waals surface area contributed by atoms with Gasteiger partial charge in [-0.3, -0.25) is 4.21 Å². The molecule has 2 nitrogen and oxygen atoms in total. The van der Waals surface area contributed by atoms with E-state index in [0.29, 0.717) is 12.1 Å². The molecular weight excluding hydrogens is 298 g/mol. The molecule has 2 aliphatic rings. The van der Waals surface area contributed by atoms with Crippen molar-refractivity contribution in [1.82, 2.24) is 5.32 Å². The molecule has 0 saturated heterocycles. The van der Waals surface area contributed by atoms with Crippen LogP contribution in [0.1, 0.15) is 37.8 Å². The Morgan fingerprint density at radius 3 is 2.88 bits per heavy atom. The Hall–Kier alpha value is -0.190. The Morgan fingerprint density at radius 2 is 2.18 bits per heavy atom. The first-order valence-corrected chi connectivity index (χ1v) is 8.12. The van der Waals surface area contributed by atoms with Gasteiger partial charge in [-0.1, -0.05) is 22.9 Å². The summed E-state index contributed by atoms with van der Waals surface area (Å²) in [5.74, 6) is 0. The fourth-order valence-corrected chi connectivity index (χ4v) is 4.25. The molecule has 3 unspecified atom stereocenters. The third-order valence-corrected chi connectivity index (χ3v) is 5.73. The van der Waals surface area contributed by atoms with Gasteiger partial charge in [-0.15, -0.1) is 0 Å². The Bertz CT molecular complexity index is 472. The van der Waals surface area contributed by atoms with Crippen LogP contribution >= 0.6 is 15.9 Å². The van der Waals surface area contributed by atoms with Crippen molar-refractivity contribution in [3.8, 4) is 0 Å². The topological polar surface area (TPSA) is 29.1 Å². The second kappa shape index (κ2) is 4.48. The largest absolute Gasteiger partial charge is 0.307 e. The van der Waals surface area contributed by atoms with Gasteiger partial charge in [-0.25, -0.2) is 0 Å². The molecule has 1 saturated carbocycles. The highest BCUT2D eigenvalue weighted by molar-refractivity contribution is 9.10. The molecule has 1 aromatic carbocycles. The molecule has 1 aliphatic heterocycles. The van der Waals surface area contributed by atoms with E-state index in [1.165, 1.54) is 18.4 Å². The first kappa shape index (κ1) is 11.9. The summed E-state index contributed by atoms with van der Waals surface area (Å²) in [5, 5.41) is 3.92. The highest BCUT2D eigenvalue weighted by atomic mass is 79.9.